The van der Waals surface area contributed by atoms with Gasteiger partial charge in [0.15, 0.2) is 0 Å². The van der Waals surface area contributed by atoms with Crippen LogP contribution in [0.15, 0.2) is 12.5 Å². The van der Waals surface area contributed by atoms with Crippen LogP contribution in [0.5, 0.6) is 0 Å². The molecule has 1 unspecified atom stereocenters. The van der Waals surface area contributed by atoms with E-state index in [0.29, 0.717) is 6.04 Å². The Bertz CT molecular complexity index is 339. The maximum absolute atomic E-state index is 4.40. The summed E-state index contributed by atoms with van der Waals surface area (Å²) in [7, 11) is 0. The van der Waals surface area contributed by atoms with Crippen LogP contribution in [0.25, 0.3) is 0 Å². The molecule has 14 heavy (non-hydrogen) atoms. The monoisotopic (exact) mass is 190 g/mol. The van der Waals surface area contributed by atoms with Crippen LogP contribution >= 0.6 is 0 Å². The minimum Gasteiger partial charge on any atom is -0.352 e. The molecule has 4 heteroatoms. The van der Waals surface area contributed by atoms with Gasteiger partial charge in [-0.25, -0.2) is 9.97 Å². The SMILES string of the molecule is c1ncc2c(n1)N1CCCC1CNC2. The minimum atomic E-state index is 0.645. The van der Waals surface area contributed by atoms with E-state index in [1.165, 1.54) is 18.4 Å². The second-order valence-corrected chi connectivity index (χ2v) is 3.99. The fraction of sp³-hybridized carbons (Fsp3) is 0.600. The molecule has 74 valence electrons. The second-order valence-electron chi connectivity index (χ2n) is 3.99. The number of hydrogen-bond acceptors (Lipinski definition) is 4. The van der Waals surface area contributed by atoms with Gasteiger partial charge in [-0.05, 0) is 12.8 Å². The Morgan fingerprint density at radius 2 is 2.50 bits per heavy atom. The molecule has 3 heterocycles. The number of nitrogens with one attached hydrogen (secondary N) is 1. The topological polar surface area (TPSA) is 41.1 Å². The standard InChI is InChI=1S/C10H14N4/c1-2-9-6-11-4-8-5-12-7-13-10(8)14(9)3-1/h5,7,9,11H,1-4,6H2. The van der Waals surface area contributed by atoms with E-state index in [2.05, 4.69) is 20.2 Å². The van der Waals surface area contributed by atoms with Gasteiger partial charge in [0.25, 0.3) is 0 Å². The lowest BCUT2D eigenvalue weighted by atomic mass is 10.2. The van der Waals surface area contributed by atoms with Crippen molar-refractivity contribution in [2.24, 2.45) is 0 Å². The summed E-state index contributed by atoms with van der Waals surface area (Å²) in [5.74, 6) is 1.15. The summed E-state index contributed by atoms with van der Waals surface area (Å²) < 4.78 is 0. The van der Waals surface area contributed by atoms with Crippen molar-refractivity contribution in [3.63, 3.8) is 0 Å². The number of nitrogens with zero attached hydrogens (tertiary/aromatic N) is 3. The zero-order valence-electron chi connectivity index (χ0n) is 8.11. The molecule has 1 saturated heterocycles. The summed E-state index contributed by atoms with van der Waals surface area (Å²) >= 11 is 0. The Balaban J connectivity index is 2.04. The molecular formula is C10H14N4. The van der Waals surface area contributed by atoms with Crippen molar-refractivity contribution >= 4 is 5.82 Å². The van der Waals surface area contributed by atoms with Crippen LogP contribution in [0.2, 0.25) is 0 Å². The van der Waals surface area contributed by atoms with E-state index >= 15 is 0 Å². The van der Waals surface area contributed by atoms with E-state index < -0.39 is 0 Å². The van der Waals surface area contributed by atoms with Crippen LogP contribution in [-0.2, 0) is 6.54 Å². The lowest BCUT2D eigenvalue weighted by molar-refractivity contribution is 0.592. The Morgan fingerprint density at radius 3 is 3.50 bits per heavy atom. The summed E-state index contributed by atoms with van der Waals surface area (Å²) in [6.07, 6.45) is 6.15. The molecule has 1 N–H and O–H groups in total. The number of anilines is 1. The van der Waals surface area contributed by atoms with E-state index in [1.807, 2.05) is 6.20 Å². The van der Waals surface area contributed by atoms with Crippen molar-refractivity contribution in [2.45, 2.75) is 25.4 Å². The van der Waals surface area contributed by atoms with Crippen molar-refractivity contribution < 1.29 is 0 Å². The van der Waals surface area contributed by atoms with E-state index in [4.69, 9.17) is 0 Å². The van der Waals surface area contributed by atoms with Crippen molar-refractivity contribution in [3.8, 4) is 0 Å². The largest absolute Gasteiger partial charge is 0.352 e. The molecule has 4 nitrogen and oxygen atoms in total. The second kappa shape index (κ2) is 3.20. The van der Waals surface area contributed by atoms with Crippen molar-refractivity contribution in [1.29, 1.82) is 0 Å². The lowest BCUT2D eigenvalue weighted by Crippen LogP contribution is -2.35. The molecule has 0 aromatic carbocycles. The fourth-order valence-electron chi connectivity index (χ4n) is 2.44. The van der Waals surface area contributed by atoms with Gasteiger partial charge < -0.3 is 10.2 Å². The van der Waals surface area contributed by atoms with E-state index in [9.17, 15) is 0 Å². The van der Waals surface area contributed by atoms with Crippen LogP contribution in [-0.4, -0.2) is 29.1 Å². The summed E-state index contributed by atoms with van der Waals surface area (Å²) in [6.45, 7) is 3.13. The van der Waals surface area contributed by atoms with Gasteiger partial charge >= 0.3 is 0 Å². The molecule has 1 aromatic heterocycles. The third-order valence-electron chi connectivity index (χ3n) is 3.11. The van der Waals surface area contributed by atoms with Crippen molar-refractivity contribution in [2.75, 3.05) is 18.0 Å². The van der Waals surface area contributed by atoms with Gasteiger partial charge in [0.1, 0.15) is 12.1 Å². The van der Waals surface area contributed by atoms with Crippen LogP contribution < -0.4 is 10.2 Å². The molecule has 2 aliphatic heterocycles. The Labute approximate surface area is 83.4 Å². The van der Waals surface area contributed by atoms with Crippen molar-refractivity contribution in [1.82, 2.24) is 15.3 Å². The van der Waals surface area contributed by atoms with E-state index in [1.54, 1.807) is 6.33 Å². The molecule has 0 bridgehead atoms. The number of rotatable bonds is 0. The number of hydrogen-bond donors (Lipinski definition) is 1. The first kappa shape index (κ1) is 8.17. The highest BCUT2D eigenvalue weighted by atomic mass is 15.3. The quantitative estimate of drug-likeness (QED) is 0.648. The molecule has 0 radical (unpaired) electrons. The van der Waals surface area contributed by atoms with Crippen LogP contribution in [0.1, 0.15) is 18.4 Å². The lowest BCUT2D eigenvalue weighted by Gasteiger charge is -2.23. The smallest absolute Gasteiger partial charge is 0.136 e. The third-order valence-corrected chi connectivity index (χ3v) is 3.11. The highest BCUT2D eigenvalue weighted by Gasteiger charge is 2.29. The third kappa shape index (κ3) is 1.18. The number of aromatic nitrogens is 2. The summed E-state index contributed by atoms with van der Waals surface area (Å²) in [5.41, 5.74) is 1.23. The van der Waals surface area contributed by atoms with Gasteiger partial charge in [0.05, 0.1) is 0 Å². The molecule has 1 aromatic rings. The maximum Gasteiger partial charge on any atom is 0.136 e. The molecule has 0 spiro atoms. The van der Waals surface area contributed by atoms with Crippen LogP contribution in [0.3, 0.4) is 0 Å². The van der Waals surface area contributed by atoms with Gasteiger partial charge in [-0.2, -0.15) is 0 Å². The zero-order chi connectivity index (χ0) is 9.38. The highest BCUT2D eigenvalue weighted by Crippen LogP contribution is 2.27. The summed E-state index contributed by atoms with van der Waals surface area (Å²) in [5, 5.41) is 3.45. The Morgan fingerprint density at radius 1 is 1.50 bits per heavy atom. The normalized spacial score (nSPS) is 25.4. The Hall–Kier alpha value is -1.16. The average molecular weight is 190 g/mol. The summed E-state index contributed by atoms with van der Waals surface area (Å²) in [6, 6.07) is 0.645. The zero-order valence-corrected chi connectivity index (χ0v) is 8.11. The molecule has 0 aliphatic carbocycles. The van der Waals surface area contributed by atoms with Crippen LogP contribution in [0, 0.1) is 0 Å². The molecule has 1 fully saturated rings. The van der Waals surface area contributed by atoms with Crippen molar-refractivity contribution in [3.05, 3.63) is 18.1 Å². The number of fused-ring (bicyclic) bond motifs is 3. The average Bonchev–Trinajstić information content (AvgIpc) is 2.61. The van der Waals surface area contributed by atoms with E-state index in [0.717, 1.165) is 25.5 Å². The molecular weight excluding hydrogens is 176 g/mol. The van der Waals surface area contributed by atoms with Crippen LogP contribution in [0.4, 0.5) is 5.82 Å². The Kier molecular flexibility index (Phi) is 1.87. The van der Waals surface area contributed by atoms with Gasteiger partial charge in [-0.3, -0.25) is 0 Å². The molecule has 2 aliphatic rings. The van der Waals surface area contributed by atoms with Gasteiger partial charge in [0.2, 0.25) is 0 Å². The predicted molar refractivity (Wildman–Crippen MR) is 54.1 cm³/mol. The predicted octanol–water partition coefficient (Wildman–Crippen LogP) is 0.549. The maximum atomic E-state index is 4.40. The molecule has 0 saturated carbocycles. The van der Waals surface area contributed by atoms with Gasteiger partial charge in [-0.15, -0.1) is 0 Å². The first-order valence-corrected chi connectivity index (χ1v) is 5.21. The van der Waals surface area contributed by atoms with E-state index in [-0.39, 0.29) is 0 Å². The van der Waals surface area contributed by atoms with Gasteiger partial charge in [0, 0.05) is 37.4 Å². The first-order chi connectivity index (χ1) is 6.95. The molecule has 0 amide bonds. The van der Waals surface area contributed by atoms with Gasteiger partial charge in [-0.1, -0.05) is 0 Å². The fourth-order valence-corrected chi connectivity index (χ4v) is 2.44. The molecule has 1 atom stereocenters. The minimum absolute atomic E-state index is 0.645. The molecule has 3 rings (SSSR count). The first-order valence-electron chi connectivity index (χ1n) is 5.21. The highest BCUT2D eigenvalue weighted by molar-refractivity contribution is 5.48. The summed E-state index contributed by atoms with van der Waals surface area (Å²) in [4.78, 5) is 10.9.